The van der Waals surface area contributed by atoms with E-state index in [1.807, 2.05) is 6.07 Å². The summed E-state index contributed by atoms with van der Waals surface area (Å²) in [6, 6.07) is 10.8. The number of guanidine groups is 1. The SMILES string of the molecule is CC1CN=C(NCC2(CCOCc3ccccc3)CC2)N1. The monoisotopic (exact) mass is 287 g/mol. The lowest BCUT2D eigenvalue weighted by atomic mass is 10.0. The molecule has 1 heterocycles. The highest BCUT2D eigenvalue weighted by Crippen LogP contribution is 2.48. The Labute approximate surface area is 127 Å². The third-order valence-corrected chi connectivity index (χ3v) is 4.38. The van der Waals surface area contributed by atoms with E-state index in [9.17, 15) is 0 Å². The van der Waals surface area contributed by atoms with E-state index in [4.69, 9.17) is 4.74 Å². The fourth-order valence-electron chi connectivity index (χ4n) is 2.68. The highest BCUT2D eigenvalue weighted by molar-refractivity contribution is 5.81. The highest BCUT2D eigenvalue weighted by Gasteiger charge is 2.42. The fraction of sp³-hybridized carbons (Fsp3) is 0.588. The molecule has 0 saturated heterocycles. The number of rotatable bonds is 7. The summed E-state index contributed by atoms with van der Waals surface area (Å²) in [6.07, 6.45) is 3.74. The van der Waals surface area contributed by atoms with E-state index in [-0.39, 0.29) is 0 Å². The van der Waals surface area contributed by atoms with Gasteiger partial charge in [0.1, 0.15) is 0 Å². The van der Waals surface area contributed by atoms with Crippen LogP contribution >= 0.6 is 0 Å². The molecule has 1 aliphatic carbocycles. The molecule has 2 N–H and O–H groups in total. The maximum Gasteiger partial charge on any atom is 0.191 e. The standard InChI is InChI=1S/C17H25N3O/c1-14-11-18-16(20-14)19-13-17(7-8-17)9-10-21-12-15-5-3-2-4-6-15/h2-6,14H,7-13H2,1H3,(H2,18,19,20). The normalized spacial score (nSPS) is 22.5. The summed E-state index contributed by atoms with van der Waals surface area (Å²) in [4.78, 5) is 4.45. The van der Waals surface area contributed by atoms with E-state index in [1.54, 1.807) is 0 Å². The van der Waals surface area contributed by atoms with Gasteiger partial charge in [-0.2, -0.15) is 0 Å². The molecule has 4 heteroatoms. The van der Waals surface area contributed by atoms with Gasteiger partial charge < -0.3 is 15.4 Å². The van der Waals surface area contributed by atoms with Crippen molar-refractivity contribution in [2.45, 2.75) is 38.8 Å². The summed E-state index contributed by atoms with van der Waals surface area (Å²) < 4.78 is 5.81. The summed E-state index contributed by atoms with van der Waals surface area (Å²) >= 11 is 0. The second kappa shape index (κ2) is 6.48. The third-order valence-electron chi connectivity index (χ3n) is 4.38. The van der Waals surface area contributed by atoms with Gasteiger partial charge in [0.2, 0.25) is 0 Å². The molecule has 0 radical (unpaired) electrons. The molecule has 3 rings (SSSR count). The summed E-state index contributed by atoms with van der Waals surface area (Å²) in [7, 11) is 0. The average molecular weight is 287 g/mol. The molecule has 0 amide bonds. The lowest BCUT2D eigenvalue weighted by Crippen LogP contribution is -2.40. The van der Waals surface area contributed by atoms with Crippen LogP contribution in [0.4, 0.5) is 0 Å². The zero-order valence-corrected chi connectivity index (χ0v) is 12.8. The van der Waals surface area contributed by atoms with Crippen LogP contribution in [-0.2, 0) is 11.3 Å². The van der Waals surface area contributed by atoms with Crippen LogP contribution in [0.25, 0.3) is 0 Å². The van der Waals surface area contributed by atoms with Crippen molar-refractivity contribution in [2.75, 3.05) is 19.7 Å². The van der Waals surface area contributed by atoms with E-state index in [0.717, 1.165) is 38.7 Å². The minimum Gasteiger partial charge on any atom is -0.377 e. The molecule has 0 spiro atoms. The van der Waals surface area contributed by atoms with E-state index in [0.29, 0.717) is 11.5 Å². The van der Waals surface area contributed by atoms with Gasteiger partial charge in [-0.3, -0.25) is 4.99 Å². The van der Waals surface area contributed by atoms with Crippen LogP contribution in [0, 0.1) is 5.41 Å². The molecule has 114 valence electrons. The molecular formula is C17H25N3O. The van der Waals surface area contributed by atoms with E-state index in [2.05, 4.69) is 46.8 Å². The van der Waals surface area contributed by atoms with E-state index >= 15 is 0 Å². The Morgan fingerprint density at radius 3 is 2.81 bits per heavy atom. The van der Waals surface area contributed by atoms with Crippen molar-refractivity contribution in [3.8, 4) is 0 Å². The Bertz CT molecular complexity index is 482. The quantitative estimate of drug-likeness (QED) is 0.757. The first-order valence-corrected chi connectivity index (χ1v) is 7.92. The van der Waals surface area contributed by atoms with Gasteiger partial charge in [-0.1, -0.05) is 30.3 Å². The highest BCUT2D eigenvalue weighted by atomic mass is 16.5. The van der Waals surface area contributed by atoms with Gasteiger partial charge in [0, 0.05) is 19.2 Å². The molecule has 21 heavy (non-hydrogen) atoms. The number of nitrogens with zero attached hydrogens (tertiary/aromatic N) is 1. The van der Waals surface area contributed by atoms with Crippen molar-refractivity contribution >= 4 is 5.96 Å². The number of ether oxygens (including phenoxy) is 1. The predicted octanol–water partition coefficient (Wildman–Crippen LogP) is 2.31. The summed E-state index contributed by atoms with van der Waals surface area (Å²) in [5, 5.41) is 6.81. The average Bonchev–Trinajstić information content (AvgIpc) is 3.16. The molecular weight excluding hydrogens is 262 g/mol. The maximum atomic E-state index is 5.81. The van der Waals surface area contributed by atoms with Gasteiger partial charge in [-0.25, -0.2) is 0 Å². The first-order chi connectivity index (χ1) is 10.3. The molecule has 1 aliphatic heterocycles. The summed E-state index contributed by atoms with van der Waals surface area (Å²) in [5.74, 6) is 0.971. The van der Waals surface area contributed by atoms with Gasteiger partial charge in [0.25, 0.3) is 0 Å². The Kier molecular flexibility index (Phi) is 4.44. The van der Waals surface area contributed by atoms with Crippen molar-refractivity contribution in [1.82, 2.24) is 10.6 Å². The largest absolute Gasteiger partial charge is 0.377 e. The van der Waals surface area contributed by atoms with Crippen LogP contribution in [0.5, 0.6) is 0 Å². The predicted molar refractivity (Wildman–Crippen MR) is 85.3 cm³/mol. The first kappa shape index (κ1) is 14.4. The molecule has 1 saturated carbocycles. The van der Waals surface area contributed by atoms with Crippen LogP contribution in [0.1, 0.15) is 31.7 Å². The molecule has 1 aromatic carbocycles. The van der Waals surface area contributed by atoms with Gasteiger partial charge >= 0.3 is 0 Å². The number of hydrogen-bond acceptors (Lipinski definition) is 4. The lowest BCUT2D eigenvalue weighted by Gasteiger charge is -2.17. The lowest BCUT2D eigenvalue weighted by molar-refractivity contribution is 0.104. The number of nitrogens with one attached hydrogen (secondary N) is 2. The van der Waals surface area contributed by atoms with Crippen LogP contribution in [0.2, 0.25) is 0 Å². The van der Waals surface area contributed by atoms with Gasteiger partial charge in [0.15, 0.2) is 5.96 Å². The van der Waals surface area contributed by atoms with Crippen LogP contribution in [0.15, 0.2) is 35.3 Å². The fourth-order valence-corrected chi connectivity index (χ4v) is 2.68. The Balaban J connectivity index is 1.33. The first-order valence-electron chi connectivity index (χ1n) is 7.92. The molecule has 1 atom stereocenters. The molecule has 2 aliphatic rings. The van der Waals surface area contributed by atoms with Gasteiger partial charge in [0.05, 0.1) is 13.2 Å². The summed E-state index contributed by atoms with van der Waals surface area (Å²) in [5.41, 5.74) is 1.69. The van der Waals surface area contributed by atoms with E-state index in [1.165, 1.54) is 18.4 Å². The van der Waals surface area contributed by atoms with Gasteiger partial charge in [-0.15, -0.1) is 0 Å². The summed E-state index contributed by atoms with van der Waals surface area (Å²) in [6.45, 7) is 5.61. The molecule has 4 nitrogen and oxygen atoms in total. The van der Waals surface area contributed by atoms with Crippen LogP contribution in [-0.4, -0.2) is 31.7 Å². The zero-order chi connectivity index (χ0) is 14.5. The smallest absolute Gasteiger partial charge is 0.191 e. The number of hydrogen-bond donors (Lipinski definition) is 2. The molecule has 1 unspecified atom stereocenters. The van der Waals surface area contributed by atoms with Crippen LogP contribution < -0.4 is 10.6 Å². The van der Waals surface area contributed by atoms with Crippen molar-refractivity contribution in [2.24, 2.45) is 10.4 Å². The minimum absolute atomic E-state index is 0.437. The Hall–Kier alpha value is -1.55. The molecule has 0 bridgehead atoms. The Morgan fingerprint density at radius 1 is 1.33 bits per heavy atom. The topological polar surface area (TPSA) is 45.7 Å². The van der Waals surface area contributed by atoms with E-state index < -0.39 is 0 Å². The number of aliphatic imine (C=N–C) groups is 1. The van der Waals surface area contributed by atoms with Crippen molar-refractivity contribution in [3.63, 3.8) is 0 Å². The maximum absolute atomic E-state index is 5.81. The molecule has 0 aromatic heterocycles. The minimum atomic E-state index is 0.437. The number of benzene rings is 1. The Morgan fingerprint density at radius 2 is 2.14 bits per heavy atom. The van der Waals surface area contributed by atoms with Gasteiger partial charge in [-0.05, 0) is 37.2 Å². The van der Waals surface area contributed by atoms with Crippen molar-refractivity contribution < 1.29 is 4.74 Å². The van der Waals surface area contributed by atoms with Crippen molar-refractivity contribution in [1.29, 1.82) is 0 Å². The second-order valence-corrected chi connectivity index (χ2v) is 6.38. The second-order valence-electron chi connectivity index (χ2n) is 6.38. The molecule has 1 fully saturated rings. The molecule has 1 aromatic rings. The van der Waals surface area contributed by atoms with Crippen LogP contribution in [0.3, 0.4) is 0 Å². The van der Waals surface area contributed by atoms with Crippen molar-refractivity contribution in [3.05, 3.63) is 35.9 Å². The zero-order valence-electron chi connectivity index (χ0n) is 12.8. The third kappa shape index (κ3) is 4.21.